The van der Waals surface area contributed by atoms with Crippen LogP contribution < -0.4 is 4.74 Å². The fourth-order valence-corrected chi connectivity index (χ4v) is 3.03. The maximum Gasteiger partial charge on any atom is 0.201 e. The summed E-state index contributed by atoms with van der Waals surface area (Å²) < 4.78 is 58.2. The van der Waals surface area contributed by atoms with Crippen molar-refractivity contribution < 1.29 is 27.4 Å². The second-order valence-electron chi connectivity index (χ2n) is 5.94. The second-order valence-corrected chi connectivity index (χ2v) is 5.94. The van der Waals surface area contributed by atoms with Gasteiger partial charge in [-0.05, 0) is 36.6 Å². The number of hydrogen-bond acceptors (Lipinski definition) is 3. The first kappa shape index (κ1) is 17.8. The largest absolute Gasteiger partial charge is 0.494 e. The standard InChI is InChI=1S/C19H19F3O3/c1-23-12-4-7-16(25-10-12)14-5-3-11(9-15(14)20)13-6-8-17(24-2)19(22)18(13)21/h3,5-6,8-9,12,16H,4,7,10H2,1-2H3. The minimum atomic E-state index is -1.09. The van der Waals surface area contributed by atoms with Crippen molar-refractivity contribution in [3.63, 3.8) is 0 Å². The Morgan fingerprint density at radius 2 is 1.80 bits per heavy atom. The van der Waals surface area contributed by atoms with Crippen LogP contribution in [0, 0.1) is 17.5 Å². The Balaban J connectivity index is 1.87. The summed E-state index contributed by atoms with van der Waals surface area (Å²) in [4.78, 5) is 0. The van der Waals surface area contributed by atoms with Gasteiger partial charge in [0.2, 0.25) is 5.82 Å². The molecule has 2 unspecified atom stereocenters. The van der Waals surface area contributed by atoms with Crippen molar-refractivity contribution >= 4 is 0 Å². The highest BCUT2D eigenvalue weighted by molar-refractivity contribution is 5.66. The van der Waals surface area contributed by atoms with Crippen LogP contribution >= 0.6 is 0 Å². The Morgan fingerprint density at radius 1 is 1.00 bits per heavy atom. The van der Waals surface area contributed by atoms with Gasteiger partial charge in [-0.2, -0.15) is 4.39 Å². The number of rotatable bonds is 4. The van der Waals surface area contributed by atoms with Gasteiger partial charge in [0.15, 0.2) is 11.6 Å². The first-order valence-electron chi connectivity index (χ1n) is 8.01. The predicted octanol–water partition coefficient (Wildman–Crippen LogP) is 4.65. The van der Waals surface area contributed by atoms with Gasteiger partial charge in [-0.3, -0.25) is 0 Å². The quantitative estimate of drug-likeness (QED) is 0.802. The highest BCUT2D eigenvalue weighted by atomic mass is 19.2. The summed E-state index contributed by atoms with van der Waals surface area (Å²) in [5.41, 5.74) is 0.645. The van der Waals surface area contributed by atoms with Crippen molar-refractivity contribution in [3.05, 3.63) is 53.3 Å². The van der Waals surface area contributed by atoms with Gasteiger partial charge in [0.1, 0.15) is 5.82 Å². The molecule has 3 rings (SSSR count). The van der Waals surface area contributed by atoms with Crippen molar-refractivity contribution in [1.29, 1.82) is 0 Å². The molecule has 0 amide bonds. The number of halogens is 3. The van der Waals surface area contributed by atoms with Gasteiger partial charge < -0.3 is 14.2 Å². The Hall–Kier alpha value is -2.05. The molecule has 0 bridgehead atoms. The summed E-state index contributed by atoms with van der Waals surface area (Å²) in [7, 11) is 2.87. The Kier molecular flexibility index (Phi) is 5.30. The van der Waals surface area contributed by atoms with Gasteiger partial charge >= 0.3 is 0 Å². The van der Waals surface area contributed by atoms with Crippen LogP contribution in [-0.4, -0.2) is 26.9 Å². The SMILES string of the molecule is COc1ccc(-c2ccc(C3CCC(OC)CO3)c(F)c2)c(F)c1F. The molecule has 2 aromatic carbocycles. The van der Waals surface area contributed by atoms with Gasteiger partial charge in [0.25, 0.3) is 0 Å². The van der Waals surface area contributed by atoms with E-state index >= 15 is 0 Å². The minimum Gasteiger partial charge on any atom is -0.494 e. The van der Waals surface area contributed by atoms with Crippen molar-refractivity contribution in [2.75, 3.05) is 20.8 Å². The summed E-state index contributed by atoms with van der Waals surface area (Å²) in [6, 6.07) is 7.00. The lowest BCUT2D eigenvalue weighted by molar-refractivity contribution is -0.0735. The van der Waals surface area contributed by atoms with E-state index in [2.05, 4.69) is 0 Å². The van der Waals surface area contributed by atoms with E-state index in [0.717, 1.165) is 6.42 Å². The molecule has 1 fully saturated rings. The van der Waals surface area contributed by atoms with Crippen LogP contribution in [0.3, 0.4) is 0 Å². The number of ether oxygens (including phenoxy) is 3. The average Bonchev–Trinajstić information content (AvgIpc) is 2.64. The first-order valence-corrected chi connectivity index (χ1v) is 8.01. The molecular weight excluding hydrogens is 333 g/mol. The van der Waals surface area contributed by atoms with Gasteiger partial charge in [0.05, 0.1) is 25.9 Å². The van der Waals surface area contributed by atoms with E-state index in [-0.39, 0.29) is 29.1 Å². The van der Waals surface area contributed by atoms with E-state index in [1.807, 2.05) is 0 Å². The molecule has 134 valence electrons. The van der Waals surface area contributed by atoms with E-state index in [0.29, 0.717) is 18.6 Å². The van der Waals surface area contributed by atoms with Crippen molar-refractivity contribution in [2.45, 2.75) is 25.0 Å². The lowest BCUT2D eigenvalue weighted by atomic mass is 9.96. The normalized spacial score (nSPS) is 20.5. The van der Waals surface area contributed by atoms with E-state index < -0.39 is 17.5 Å². The van der Waals surface area contributed by atoms with Crippen molar-refractivity contribution in [3.8, 4) is 16.9 Å². The maximum atomic E-state index is 14.5. The predicted molar refractivity (Wildman–Crippen MR) is 87.0 cm³/mol. The molecule has 0 aromatic heterocycles. The van der Waals surface area contributed by atoms with Gasteiger partial charge in [-0.15, -0.1) is 0 Å². The number of methoxy groups -OCH3 is 2. The average molecular weight is 352 g/mol. The van der Waals surface area contributed by atoms with E-state index in [1.165, 1.54) is 25.3 Å². The summed E-state index contributed by atoms with van der Waals surface area (Å²) in [6.45, 7) is 0.403. The smallest absolute Gasteiger partial charge is 0.201 e. The fourth-order valence-electron chi connectivity index (χ4n) is 3.03. The van der Waals surface area contributed by atoms with Crippen LogP contribution in [0.4, 0.5) is 13.2 Å². The molecule has 3 nitrogen and oxygen atoms in total. The third-order valence-electron chi connectivity index (χ3n) is 4.49. The molecule has 0 N–H and O–H groups in total. The summed E-state index contributed by atoms with van der Waals surface area (Å²) in [5.74, 6) is -2.86. The zero-order valence-corrected chi connectivity index (χ0v) is 14.0. The molecule has 1 aliphatic heterocycles. The second kappa shape index (κ2) is 7.45. The molecule has 1 heterocycles. The minimum absolute atomic E-state index is 0.0206. The molecule has 0 radical (unpaired) electrons. The van der Waals surface area contributed by atoms with Crippen LogP contribution in [0.15, 0.2) is 30.3 Å². The van der Waals surface area contributed by atoms with Crippen LogP contribution in [0.5, 0.6) is 5.75 Å². The van der Waals surface area contributed by atoms with Gasteiger partial charge in [-0.1, -0.05) is 12.1 Å². The third-order valence-corrected chi connectivity index (χ3v) is 4.49. The molecule has 1 aliphatic rings. The lowest BCUT2D eigenvalue weighted by Gasteiger charge is -2.28. The summed E-state index contributed by atoms with van der Waals surface area (Å²) >= 11 is 0. The highest BCUT2D eigenvalue weighted by Gasteiger charge is 2.25. The topological polar surface area (TPSA) is 27.7 Å². The van der Waals surface area contributed by atoms with Crippen molar-refractivity contribution in [2.24, 2.45) is 0 Å². The Morgan fingerprint density at radius 3 is 2.40 bits per heavy atom. The highest BCUT2D eigenvalue weighted by Crippen LogP contribution is 2.34. The molecule has 0 saturated carbocycles. The Labute approximate surface area is 144 Å². The molecule has 6 heteroatoms. The molecule has 2 aromatic rings. The van der Waals surface area contributed by atoms with E-state index in [9.17, 15) is 13.2 Å². The molecule has 0 aliphatic carbocycles. The summed E-state index contributed by atoms with van der Waals surface area (Å²) in [5, 5.41) is 0. The lowest BCUT2D eigenvalue weighted by Crippen LogP contribution is -2.26. The molecule has 25 heavy (non-hydrogen) atoms. The van der Waals surface area contributed by atoms with Gasteiger partial charge in [-0.25, -0.2) is 8.78 Å². The van der Waals surface area contributed by atoms with Crippen LogP contribution in [0.1, 0.15) is 24.5 Å². The van der Waals surface area contributed by atoms with E-state index in [1.54, 1.807) is 19.2 Å². The molecule has 1 saturated heterocycles. The van der Waals surface area contributed by atoms with E-state index in [4.69, 9.17) is 14.2 Å². The fraction of sp³-hybridized carbons (Fsp3) is 0.368. The maximum absolute atomic E-state index is 14.5. The van der Waals surface area contributed by atoms with Crippen molar-refractivity contribution in [1.82, 2.24) is 0 Å². The van der Waals surface area contributed by atoms with Crippen LogP contribution in [0.2, 0.25) is 0 Å². The molecule has 0 spiro atoms. The first-order chi connectivity index (χ1) is 12.0. The molecule has 2 atom stereocenters. The monoisotopic (exact) mass is 352 g/mol. The van der Waals surface area contributed by atoms with Gasteiger partial charge in [0, 0.05) is 18.2 Å². The number of hydrogen-bond donors (Lipinski definition) is 0. The Bertz CT molecular complexity index is 756. The number of benzene rings is 2. The zero-order chi connectivity index (χ0) is 18.0. The molecular formula is C19H19F3O3. The zero-order valence-electron chi connectivity index (χ0n) is 14.0. The summed E-state index contributed by atoms with van der Waals surface area (Å²) in [6.07, 6.45) is 1.08. The third kappa shape index (κ3) is 3.50. The van der Waals surface area contributed by atoms with Crippen LogP contribution in [-0.2, 0) is 9.47 Å². The van der Waals surface area contributed by atoms with Crippen LogP contribution in [0.25, 0.3) is 11.1 Å².